The Balaban J connectivity index is 1.42. The van der Waals surface area contributed by atoms with Crippen LogP contribution in [0.3, 0.4) is 0 Å². The van der Waals surface area contributed by atoms with Crippen molar-refractivity contribution < 1.29 is 9.90 Å². The monoisotopic (exact) mass is 549 g/mol. The lowest BCUT2D eigenvalue weighted by Crippen LogP contribution is -2.38. The smallest absolute Gasteiger partial charge is 0.321 e. The Morgan fingerprint density at radius 1 is 1.00 bits per heavy atom. The third-order valence-corrected chi connectivity index (χ3v) is 7.92. The van der Waals surface area contributed by atoms with Gasteiger partial charge < -0.3 is 20.4 Å². The van der Waals surface area contributed by atoms with Crippen molar-refractivity contribution in [2.45, 2.75) is 12.3 Å². The number of hydrogen-bond acceptors (Lipinski definition) is 5. The normalized spacial score (nSPS) is 12.0. The molecule has 3 aromatic carbocycles. The van der Waals surface area contributed by atoms with E-state index in [0.717, 1.165) is 33.4 Å². The number of nitrogens with one attached hydrogen (secondary N) is 3. The standard InChI is InChI=1S/C31H27N5O3S/c1-36(20-12-6-3-7-13-20)31(39)32-17-16-22-21-14-8-9-15-23(21)34-26(22)24(19-10-4-2-5-11-19)25-28(37)27-30(35-29(25)38)40-18-33-27/h2-15,18,24,34H,16-17H2,1H3,(H,32,39)(H2,35,37,38). The Morgan fingerprint density at radius 3 is 2.48 bits per heavy atom. The van der Waals surface area contributed by atoms with Crippen molar-refractivity contribution in [3.63, 3.8) is 0 Å². The van der Waals surface area contributed by atoms with E-state index in [1.165, 1.54) is 11.3 Å². The number of thiazole rings is 1. The molecule has 0 saturated carbocycles. The van der Waals surface area contributed by atoms with Crippen LogP contribution in [0.2, 0.25) is 0 Å². The Kier molecular flexibility index (Phi) is 6.79. The molecule has 0 bridgehead atoms. The van der Waals surface area contributed by atoms with Crippen LogP contribution in [0.1, 0.15) is 28.3 Å². The first-order valence-corrected chi connectivity index (χ1v) is 13.8. The average Bonchev–Trinajstić information content (AvgIpc) is 3.60. The lowest BCUT2D eigenvalue weighted by molar-refractivity contribution is 0.247. The molecule has 3 heterocycles. The minimum Gasteiger partial charge on any atom is -0.505 e. The first-order chi connectivity index (χ1) is 19.5. The van der Waals surface area contributed by atoms with E-state index in [2.05, 4.69) is 20.3 Å². The Hall–Kier alpha value is -4.89. The van der Waals surface area contributed by atoms with Crippen LogP contribution in [0.15, 0.2) is 95.2 Å². The van der Waals surface area contributed by atoms with Crippen molar-refractivity contribution in [1.29, 1.82) is 0 Å². The number of urea groups is 1. The van der Waals surface area contributed by atoms with E-state index in [1.807, 2.05) is 84.9 Å². The SMILES string of the molecule is CN(C(=O)NCCc1c(C(c2ccccc2)c2c(O)c3ncsc3[nH]c2=O)[nH]c2ccccc12)c1ccccc1. The fourth-order valence-electron chi connectivity index (χ4n) is 5.22. The van der Waals surface area contributed by atoms with E-state index in [9.17, 15) is 14.7 Å². The number of pyridine rings is 1. The number of aromatic amines is 2. The van der Waals surface area contributed by atoms with E-state index in [1.54, 1.807) is 17.5 Å². The molecule has 0 aliphatic carbocycles. The molecular formula is C31H27N5O3S. The lowest BCUT2D eigenvalue weighted by atomic mass is 9.85. The second-order valence-electron chi connectivity index (χ2n) is 9.53. The van der Waals surface area contributed by atoms with Gasteiger partial charge in [0.1, 0.15) is 10.3 Å². The minimum absolute atomic E-state index is 0.128. The number of aromatic nitrogens is 3. The van der Waals surface area contributed by atoms with Gasteiger partial charge in [-0.05, 0) is 35.7 Å². The molecule has 6 rings (SSSR count). The number of para-hydroxylation sites is 2. The highest BCUT2D eigenvalue weighted by Gasteiger charge is 2.30. The predicted octanol–water partition coefficient (Wildman–Crippen LogP) is 5.74. The maximum absolute atomic E-state index is 13.5. The third-order valence-electron chi connectivity index (χ3n) is 7.17. The van der Waals surface area contributed by atoms with E-state index >= 15 is 0 Å². The van der Waals surface area contributed by atoms with Gasteiger partial charge in [0.25, 0.3) is 5.56 Å². The van der Waals surface area contributed by atoms with Gasteiger partial charge in [-0.1, -0.05) is 66.7 Å². The summed E-state index contributed by atoms with van der Waals surface area (Å²) in [5, 5.41) is 15.4. The van der Waals surface area contributed by atoms with E-state index in [-0.39, 0.29) is 22.9 Å². The van der Waals surface area contributed by atoms with E-state index < -0.39 is 5.92 Å². The molecule has 4 N–H and O–H groups in total. The van der Waals surface area contributed by atoms with Crippen LogP contribution in [0, 0.1) is 0 Å². The number of aromatic hydroxyl groups is 1. The van der Waals surface area contributed by atoms with Crippen LogP contribution in [0.5, 0.6) is 5.75 Å². The number of H-pyrrole nitrogens is 2. The fraction of sp³-hybridized carbons (Fsp3) is 0.129. The molecular weight excluding hydrogens is 522 g/mol. The maximum atomic E-state index is 13.5. The third kappa shape index (κ3) is 4.60. The zero-order chi connectivity index (χ0) is 27.6. The summed E-state index contributed by atoms with van der Waals surface area (Å²) in [5.74, 6) is -0.725. The van der Waals surface area contributed by atoms with Gasteiger partial charge in [0.15, 0.2) is 5.75 Å². The van der Waals surface area contributed by atoms with Crippen molar-refractivity contribution in [2.24, 2.45) is 0 Å². The highest BCUT2D eigenvalue weighted by atomic mass is 32.1. The Morgan fingerprint density at radius 2 is 1.70 bits per heavy atom. The first-order valence-electron chi connectivity index (χ1n) is 12.9. The number of carbonyl (C=O) groups is 1. The molecule has 6 aromatic rings. The first kappa shape index (κ1) is 25.4. The topological polar surface area (TPSA) is 114 Å². The Bertz CT molecular complexity index is 1860. The van der Waals surface area contributed by atoms with Crippen molar-refractivity contribution >= 4 is 44.3 Å². The molecule has 1 atom stereocenters. The number of hydrogen-bond donors (Lipinski definition) is 4. The summed E-state index contributed by atoms with van der Waals surface area (Å²) in [5.41, 5.74) is 6.13. The van der Waals surface area contributed by atoms with Gasteiger partial charge in [-0.2, -0.15) is 0 Å². The quantitative estimate of drug-likeness (QED) is 0.203. The van der Waals surface area contributed by atoms with Crippen molar-refractivity contribution in [2.75, 3.05) is 18.5 Å². The summed E-state index contributed by atoms with van der Waals surface area (Å²) >= 11 is 1.27. The van der Waals surface area contributed by atoms with Crippen LogP contribution in [-0.4, -0.2) is 39.7 Å². The molecule has 40 heavy (non-hydrogen) atoms. The molecule has 0 aliphatic rings. The number of nitrogens with zero attached hydrogens (tertiary/aromatic N) is 2. The second kappa shape index (κ2) is 10.7. The highest BCUT2D eigenvalue weighted by Crippen LogP contribution is 2.40. The van der Waals surface area contributed by atoms with Crippen LogP contribution < -0.4 is 15.8 Å². The Labute approximate surface area is 234 Å². The number of benzene rings is 3. The molecule has 1 unspecified atom stereocenters. The van der Waals surface area contributed by atoms with Crippen LogP contribution in [0.4, 0.5) is 10.5 Å². The molecule has 0 aliphatic heterocycles. The van der Waals surface area contributed by atoms with Gasteiger partial charge in [-0.15, -0.1) is 11.3 Å². The molecule has 3 aromatic heterocycles. The summed E-state index contributed by atoms with van der Waals surface area (Å²) in [6.07, 6.45) is 0.509. The van der Waals surface area contributed by atoms with Crippen LogP contribution in [-0.2, 0) is 6.42 Å². The zero-order valence-corrected chi connectivity index (χ0v) is 22.5. The maximum Gasteiger partial charge on any atom is 0.321 e. The van der Waals surface area contributed by atoms with Crippen molar-refractivity contribution in [3.8, 4) is 5.75 Å². The summed E-state index contributed by atoms with van der Waals surface area (Å²) in [7, 11) is 1.73. The molecule has 0 radical (unpaired) electrons. The van der Waals surface area contributed by atoms with Crippen LogP contribution in [0.25, 0.3) is 21.3 Å². The molecule has 9 heteroatoms. The minimum atomic E-state index is -0.596. The van der Waals surface area contributed by atoms with Gasteiger partial charge in [0.2, 0.25) is 0 Å². The van der Waals surface area contributed by atoms with Gasteiger partial charge in [-0.3, -0.25) is 9.69 Å². The number of carbonyl (C=O) groups excluding carboxylic acids is 1. The molecule has 200 valence electrons. The van der Waals surface area contributed by atoms with E-state index in [4.69, 9.17) is 0 Å². The average molecular weight is 550 g/mol. The summed E-state index contributed by atoms with van der Waals surface area (Å²) in [4.78, 5) is 39.2. The van der Waals surface area contributed by atoms with E-state index in [0.29, 0.717) is 23.3 Å². The molecule has 0 saturated heterocycles. The largest absolute Gasteiger partial charge is 0.505 e. The van der Waals surface area contributed by atoms with Gasteiger partial charge in [0.05, 0.1) is 17.0 Å². The van der Waals surface area contributed by atoms with Gasteiger partial charge in [-0.25, -0.2) is 9.78 Å². The van der Waals surface area contributed by atoms with Gasteiger partial charge >= 0.3 is 6.03 Å². The summed E-state index contributed by atoms with van der Waals surface area (Å²) in [6, 6.07) is 26.8. The predicted molar refractivity (Wildman–Crippen MR) is 160 cm³/mol. The van der Waals surface area contributed by atoms with Crippen molar-refractivity contribution in [3.05, 3.63) is 123 Å². The molecule has 8 nitrogen and oxygen atoms in total. The van der Waals surface area contributed by atoms with Crippen LogP contribution >= 0.6 is 11.3 Å². The number of anilines is 1. The molecule has 0 fully saturated rings. The molecule has 2 amide bonds. The number of fused-ring (bicyclic) bond motifs is 2. The number of amides is 2. The second-order valence-corrected chi connectivity index (χ2v) is 10.4. The lowest BCUT2D eigenvalue weighted by Gasteiger charge is -2.21. The summed E-state index contributed by atoms with van der Waals surface area (Å²) in [6.45, 7) is 0.375. The summed E-state index contributed by atoms with van der Waals surface area (Å²) < 4.78 is 0. The van der Waals surface area contributed by atoms with Crippen molar-refractivity contribution in [1.82, 2.24) is 20.3 Å². The zero-order valence-electron chi connectivity index (χ0n) is 21.7. The molecule has 0 spiro atoms. The number of rotatable bonds is 7. The highest BCUT2D eigenvalue weighted by molar-refractivity contribution is 7.16. The van der Waals surface area contributed by atoms with Gasteiger partial charge in [0, 0.05) is 35.9 Å². The fourth-order valence-corrected chi connectivity index (χ4v) is 5.89.